The maximum atomic E-state index is 12.0. The molecule has 1 saturated heterocycles. The van der Waals surface area contributed by atoms with Gasteiger partial charge in [-0.2, -0.15) is 5.26 Å². The number of nitriles is 1. The lowest BCUT2D eigenvalue weighted by molar-refractivity contribution is -0.197. The van der Waals surface area contributed by atoms with Gasteiger partial charge in [-0.1, -0.05) is 6.42 Å². The molecule has 1 aliphatic rings. The smallest absolute Gasteiger partial charge is 0.364 e. The van der Waals surface area contributed by atoms with Crippen molar-refractivity contribution in [2.24, 2.45) is 0 Å². The lowest BCUT2D eigenvalue weighted by Crippen LogP contribution is -2.31. The third-order valence-corrected chi connectivity index (χ3v) is 7.18. The molecule has 9 nitrogen and oxygen atoms in total. The molecule has 0 spiro atoms. The van der Waals surface area contributed by atoms with E-state index in [1.807, 2.05) is 36.4 Å². The molecule has 0 saturated carbocycles. The van der Waals surface area contributed by atoms with Crippen LogP contribution in [-0.2, 0) is 19.2 Å². The van der Waals surface area contributed by atoms with Gasteiger partial charge in [-0.05, 0) is 57.9 Å². The van der Waals surface area contributed by atoms with E-state index < -0.39 is 17.8 Å². The molecule has 1 aliphatic heterocycles. The fraction of sp³-hybridized carbons (Fsp3) is 0.433. The van der Waals surface area contributed by atoms with Gasteiger partial charge in [0.25, 0.3) is 11.8 Å². The van der Waals surface area contributed by atoms with Gasteiger partial charge in [0.15, 0.2) is 0 Å². The normalized spacial score (nSPS) is 13.2. The van der Waals surface area contributed by atoms with Gasteiger partial charge in [-0.25, -0.2) is 9.21 Å². The van der Waals surface area contributed by atoms with Gasteiger partial charge in [-0.3, -0.25) is 9.59 Å². The van der Waals surface area contributed by atoms with Crippen LogP contribution in [0, 0.1) is 11.3 Å². The molecule has 204 valence electrons. The summed E-state index contributed by atoms with van der Waals surface area (Å²) in [6, 6.07) is 14.3. The number of amides is 2. The summed E-state index contributed by atoms with van der Waals surface area (Å²) in [7, 11) is 0. The van der Waals surface area contributed by atoms with Gasteiger partial charge in [0.1, 0.15) is 6.07 Å². The van der Waals surface area contributed by atoms with Crippen molar-refractivity contribution in [1.29, 1.82) is 5.26 Å². The summed E-state index contributed by atoms with van der Waals surface area (Å²) in [6.45, 7) is 9.65. The van der Waals surface area contributed by atoms with Gasteiger partial charge in [-0.15, -0.1) is 5.06 Å². The molecular formula is C30H35N4O5+. The maximum Gasteiger partial charge on any atom is 0.364 e. The number of anilines is 2. The van der Waals surface area contributed by atoms with E-state index in [0.29, 0.717) is 28.2 Å². The number of hydroxylamine groups is 2. The number of hydrogen-bond donors (Lipinski definition) is 0. The summed E-state index contributed by atoms with van der Waals surface area (Å²) >= 11 is 0. The predicted octanol–water partition coefficient (Wildman–Crippen LogP) is 5.58. The lowest BCUT2D eigenvalue weighted by Gasteiger charge is -2.22. The number of nitrogens with zero attached hydrogens (tertiary/aromatic N) is 4. The van der Waals surface area contributed by atoms with E-state index in [0.717, 1.165) is 61.2 Å². The molecule has 2 heterocycles. The average Bonchev–Trinajstić information content (AvgIpc) is 3.26. The second-order valence-electron chi connectivity index (χ2n) is 9.56. The summed E-state index contributed by atoms with van der Waals surface area (Å²) in [4.78, 5) is 44.6. The first-order valence-electron chi connectivity index (χ1n) is 13.7. The topological polar surface area (TPSA) is 105 Å². The minimum absolute atomic E-state index is 0.0897. The highest BCUT2D eigenvalue weighted by atomic mass is 16.7. The molecule has 39 heavy (non-hydrogen) atoms. The van der Waals surface area contributed by atoms with E-state index in [4.69, 9.17) is 9.25 Å². The van der Waals surface area contributed by atoms with E-state index in [1.165, 1.54) is 0 Å². The van der Waals surface area contributed by atoms with E-state index in [-0.39, 0.29) is 19.3 Å². The zero-order chi connectivity index (χ0) is 27.9. The van der Waals surface area contributed by atoms with Gasteiger partial charge in [0.2, 0.25) is 0 Å². The fourth-order valence-corrected chi connectivity index (χ4v) is 4.99. The number of rotatable bonds is 12. The minimum atomic E-state index is -0.563. The van der Waals surface area contributed by atoms with Gasteiger partial charge >= 0.3 is 17.1 Å². The van der Waals surface area contributed by atoms with Crippen LogP contribution in [0.25, 0.3) is 21.9 Å². The Bertz CT molecular complexity index is 1410. The molecule has 0 radical (unpaired) electrons. The molecule has 9 heteroatoms. The standard InChI is InChI=1S/C30H35N4O5/c1-4-32(5-2)21-11-13-23-25(20-31)24-14-12-22(19-27(24)38-26(23)18-21)33(6-3)17-9-7-8-10-30(37)39-34-28(35)15-16-29(34)36/h11-14,18-19H,4-10,15-17H2,1-3H3/q+1. The number of benzene rings is 2. The van der Waals surface area contributed by atoms with Crippen molar-refractivity contribution in [2.45, 2.75) is 59.3 Å². The van der Waals surface area contributed by atoms with Gasteiger partial charge < -0.3 is 14.6 Å². The predicted molar refractivity (Wildman–Crippen MR) is 150 cm³/mol. The summed E-state index contributed by atoms with van der Waals surface area (Å²) in [5.41, 5.74) is 4.03. The Morgan fingerprint density at radius 3 is 2.00 bits per heavy atom. The molecule has 3 aromatic rings. The SMILES string of the molecule is CCN(CC)c1ccc2c(C#N)c3ccc(N(CC)CCCCCC(=O)ON4C(=O)CCC4=O)cc3[o+]c2c1. The van der Waals surface area contributed by atoms with Gasteiger partial charge in [0, 0.05) is 56.8 Å². The van der Waals surface area contributed by atoms with Crippen LogP contribution in [0.5, 0.6) is 0 Å². The molecule has 2 amide bonds. The van der Waals surface area contributed by atoms with Crippen LogP contribution in [0.4, 0.5) is 11.4 Å². The quantitative estimate of drug-likeness (QED) is 0.129. The molecule has 2 aromatic carbocycles. The molecule has 1 fully saturated rings. The van der Waals surface area contributed by atoms with Crippen LogP contribution in [0.15, 0.2) is 40.8 Å². The summed E-state index contributed by atoms with van der Waals surface area (Å²) in [6.07, 6.45) is 2.58. The number of fused-ring (bicyclic) bond motifs is 2. The molecule has 0 aliphatic carbocycles. The molecule has 0 atom stereocenters. The first-order chi connectivity index (χ1) is 18.9. The molecule has 1 aromatic heterocycles. The maximum absolute atomic E-state index is 12.0. The number of imide groups is 1. The number of hydrogen-bond acceptors (Lipinski definition) is 7. The zero-order valence-electron chi connectivity index (χ0n) is 22.9. The van der Waals surface area contributed by atoms with E-state index in [2.05, 4.69) is 36.6 Å². The first kappa shape index (κ1) is 27.8. The Hall–Kier alpha value is -4.19. The second-order valence-corrected chi connectivity index (χ2v) is 9.56. The zero-order valence-corrected chi connectivity index (χ0v) is 22.9. The van der Waals surface area contributed by atoms with Crippen LogP contribution < -0.4 is 9.80 Å². The number of unbranched alkanes of at least 4 members (excludes halogenated alkanes) is 2. The van der Waals surface area contributed by atoms with Crippen molar-refractivity contribution in [2.75, 3.05) is 36.0 Å². The third-order valence-electron chi connectivity index (χ3n) is 7.18. The molecule has 0 unspecified atom stereocenters. The van der Waals surface area contributed by atoms with E-state index >= 15 is 0 Å². The Kier molecular flexibility index (Phi) is 8.97. The minimum Gasteiger partial charge on any atom is -0.372 e. The van der Waals surface area contributed by atoms with Crippen LogP contribution in [0.2, 0.25) is 0 Å². The van der Waals surface area contributed by atoms with Crippen LogP contribution in [-0.4, -0.2) is 49.0 Å². The summed E-state index contributed by atoms with van der Waals surface area (Å²) < 4.78 is 6.34. The van der Waals surface area contributed by atoms with Crippen molar-refractivity contribution >= 4 is 51.1 Å². The van der Waals surface area contributed by atoms with Crippen LogP contribution in [0.3, 0.4) is 0 Å². The van der Waals surface area contributed by atoms with Crippen molar-refractivity contribution in [1.82, 2.24) is 5.06 Å². The highest BCUT2D eigenvalue weighted by Gasteiger charge is 2.32. The second kappa shape index (κ2) is 12.6. The number of carbonyl (C=O) groups excluding carboxylic acids is 3. The highest BCUT2D eigenvalue weighted by molar-refractivity contribution is 6.01. The monoisotopic (exact) mass is 531 g/mol. The molecular weight excluding hydrogens is 496 g/mol. The average molecular weight is 532 g/mol. The molecule has 4 rings (SSSR count). The third kappa shape index (κ3) is 6.11. The summed E-state index contributed by atoms with van der Waals surface area (Å²) in [5, 5.41) is 12.1. The Labute approximate surface area is 228 Å². The van der Waals surface area contributed by atoms with Crippen LogP contribution >= 0.6 is 0 Å². The fourth-order valence-electron chi connectivity index (χ4n) is 4.99. The highest BCUT2D eigenvalue weighted by Crippen LogP contribution is 2.33. The largest absolute Gasteiger partial charge is 0.372 e. The van der Waals surface area contributed by atoms with Gasteiger partial charge in [0.05, 0.1) is 28.5 Å². The number of carbonyl (C=O) groups is 3. The summed E-state index contributed by atoms with van der Waals surface area (Å²) in [5.74, 6) is -1.49. The van der Waals surface area contributed by atoms with E-state index in [9.17, 15) is 19.6 Å². The Morgan fingerprint density at radius 2 is 1.46 bits per heavy atom. The lowest BCUT2D eigenvalue weighted by atomic mass is 10.0. The first-order valence-corrected chi connectivity index (χ1v) is 13.7. The van der Waals surface area contributed by atoms with Crippen molar-refractivity contribution in [3.05, 3.63) is 42.0 Å². The van der Waals surface area contributed by atoms with Crippen molar-refractivity contribution in [3.63, 3.8) is 0 Å². The Balaban J connectivity index is 1.42. The van der Waals surface area contributed by atoms with Crippen molar-refractivity contribution in [3.8, 4) is 6.07 Å². The Morgan fingerprint density at radius 1 is 0.897 bits per heavy atom. The van der Waals surface area contributed by atoms with Crippen LogP contribution in [0.1, 0.15) is 64.9 Å². The molecule has 0 N–H and O–H groups in total. The van der Waals surface area contributed by atoms with E-state index in [1.54, 1.807) is 0 Å². The molecule has 0 bridgehead atoms. The van der Waals surface area contributed by atoms with Crippen molar-refractivity contribution < 1.29 is 23.6 Å².